The summed E-state index contributed by atoms with van der Waals surface area (Å²) >= 11 is 1.35. The van der Waals surface area contributed by atoms with Crippen LogP contribution < -0.4 is 15.9 Å². The van der Waals surface area contributed by atoms with Crippen molar-refractivity contribution in [3.05, 3.63) is 40.9 Å². The van der Waals surface area contributed by atoms with Gasteiger partial charge in [-0.1, -0.05) is 0 Å². The van der Waals surface area contributed by atoms with Crippen molar-refractivity contribution in [2.45, 2.75) is 13.3 Å². The standard InChI is InChI=1S/C16H18N4O4S/c1-2-23-15(22)7-12-10-25-16(19-12)20-18-8-11-3-5-13(6-4-11)24-9-14(17)21/h3-6,8,10H,2,7,9H2,1H3,(H2,17,21)(H,19,20). The molecule has 0 atom stereocenters. The Morgan fingerprint density at radius 3 is 2.80 bits per heavy atom. The number of anilines is 1. The van der Waals surface area contributed by atoms with E-state index in [0.29, 0.717) is 23.2 Å². The van der Waals surface area contributed by atoms with E-state index in [2.05, 4.69) is 15.5 Å². The zero-order valence-electron chi connectivity index (χ0n) is 13.6. The van der Waals surface area contributed by atoms with Gasteiger partial charge in [-0.3, -0.25) is 15.0 Å². The summed E-state index contributed by atoms with van der Waals surface area (Å²) in [4.78, 5) is 26.3. The fourth-order valence-corrected chi connectivity index (χ4v) is 2.43. The number of rotatable bonds is 9. The van der Waals surface area contributed by atoms with Crippen LogP contribution in [0.25, 0.3) is 0 Å². The van der Waals surface area contributed by atoms with E-state index in [1.54, 1.807) is 42.8 Å². The van der Waals surface area contributed by atoms with Gasteiger partial charge in [0.15, 0.2) is 6.61 Å². The number of primary amides is 1. The van der Waals surface area contributed by atoms with Crippen molar-refractivity contribution in [1.82, 2.24) is 4.98 Å². The molecule has 2 aromatic rings. The average Bonchev–Trinajstić information content (AvgIpc) is 3.01. The molecule has 1 aromatic carbocycles. The van der Waals surface area contributed by atoms with Gasteiger partial charge in [0.2, 0.25) is 5.13 Å². The molecular formula is C16H18N4O4S. The molecule has 25 heavy (non-hydrogen) atoms. The van der Waals surface area contributed by atoms with Gasteiger partial charge in [0, 0.05) is 5.38 Å². The first-order valence-electron chi connectivity index (χ1n) is 7.47. The SMILES string of the molecule is CCOC(=O)Cc1csc(NN=Cc2ccc(OCC(N)=O)cc2)n1. The molecule has 0 aliphatic carbocycles. The Bertz CT molecular complexity index is 743. The molecule has 2 rings (SSSR count). The number of amides is 1. The van der Waals surface area contributed by atoms with Crippen LogP contribution in [0.5, 0.6) is 5.75 Å². The molecule has 3 N–H and O–H groups in total. The molecule has 0 aliphatic rings. The van der Waals surface area contributed by atoms with Crippen LogP contribution in [0.4, 0.5) is 5.13 Å². The Kier molecular flexibility index (Phi) is 6.90. The number of nitrogens with zero attached hydrogens (tertiary/aromatic N) is 2. The fraction of sp³-hybridized carbons (Fsp3) is 0.250. The number of nitrogens with one attached hydrogen (secondary N) is 1. The van der Waals surface area contributed by atoms with Crippen molar-refractivity contribution < 1.29 is 19.1 Å². The number of carbonyl (C=O) groups is 2. The van der Waals surface area contributed by atoms with Crippen LogP contribution in [0, 0.1) is 0 Å². The van der Waals surface area contributed by atoms with E-state index in [1.165, 1.54) is 11.3 Å². The third-order valence-corrected chi connectivity index (χ3v) is 3.61. The van der Waals surface area contributed by atoms with Gasteiger partial charge in [-0.15, -0.1) is 11.3 Å². The molecule has 0 saturated heterocycles. The maximum atomic E-state index is 11.4. The highest BCUT2D eigenvalue weighted by atomic mass is 32.1. The zero-order chi connectivity index (χ0) is 18.1. The van der Waals surface area contributed by atoms with Gasteiger partial charge in [-0.2, -0.15) is 5.10 Å². The highest BCUT2D eigenvalue weighted by Crippen LogP contribution is 2.16. The first-order chi connectivity index (χ1) is 12.1. The Morgan fingerprint density at radius 2 is 2.12 bits per heavy atom. The third-order valence-electron chi connectivity index (χ3n) is 2.82. The third kappa shape index (κ3) is 6.60. The van der Waals surface area contributed by atoms with Crippen molar-refractivity contribution in [2.75, 3.05) is 18.6 Å². The zero-order valence-corrected chi connectivity index (χ0v) is 14.4. The Labute approximate surface area is 148 Å². The number of hydrogen-bond acceptors (Lipinski definition) is 8. The molecule has 0 unspecified atom stereocenters. The van der Waals surface area contributed by atoms with Gasteiger partial charge in [-0.25, -0.2) is 4.98 Å². The Hall–Kier alpha value is -2.94. The minimum Gasteiger partial charge on any atom is -0.484 e. The normalized spacial score (nSPS) is 10.6. The molecule has 9 heteroatoms. The van der Waals surface area contributed by atoms with Crippen molar-refractivity contribution in [3.8, 4) is 5.75 Å². The van der Waals surface area contributed by atoms with Crippen molar-refractivity contribution in [3.63, 3.8) is 0 Å². The van der Waals surface area contributed by atoms with E-state index in [1.807, 2.05) is 0 Å². The summed E-state index contributed by atoms with van der Waals surface area (Å²) in [5.74, 6) is -0.283. The number of ether oxygens (including phenoxy) is 2. The Balaban J connectivity index is 1.83. The van der Waals surface area contributed by atoms with Gasteiger partial charge in [0.05, 0.1) is 24.9 Å². The minimum absolute atomic E-state index is 0.141. The van der Waals surface area contributed by atoms with Crippen LogP contribution in [0.3, 0.4) is 0 Å². The molecule has 8 nitrogen and oxygen atoms in total. The van der Waals surface area contributed by atoms with E-state index in [0.717, 1.165) is 5.56 Å². The molecule has 1 heterocycles. The van der Waals surface area contributed by atoms with Crippen LogP contribution in [-0.2, 0) is 20.7 Å². The van der Waals surface area contributed by atoms with E-state index >= 15 is 0 Å². The van der Waals surface area contributed by atoms with E-state index in [4.69, 9.17) is 15.2 Å². The van der Waals surface area contributed by atoms with Crippen molar-refractivity contribution in [2.24, 2.45) is 10.8 Å². The topological polar surface area (TPSA) is 116 Å². The molecule has 132 valence electrons. The van der Waals surface area contributed by atoms with Crippen molar-refractivity contribution in [1.29, 1.82) is 0 Å². The maximum absolute atomic E-state index is 11.4. The first kappa shape index (κ1) is 18.4. The van der Waals surface area contributed by atoms with Gasteiger partial charge >= 0.3 is 5.97 Å². The summed E-state index contributed by atoms with van der Waals surface area (Å²) in [6.07, 6.45) is 1.76. The van der Waals surface area contributed by atoms with Crippen LogP contribution in [0.1, 0.15) is 18.2 Å². The number of nitrogens with two attached hydrogens (primary N) is 1. The average molecular weight is 362 g/mol. The summed E-state index contributed by atoms with van der Waals surface area (Å²) in [5.41, 5.74) is 9.29. The van der Waals surface area contributed by atoms with E-state index in [-0.39, 0.29) is 19.0 Å². The van der Waals surface area contributed by atoms with Gasteiger partial charge in [0.1, 0.15) is 5.75 Å². The number of hydrogen-bond donors (Lipinski definition) is 2. The minimum atomic E-state index is -0.527. The van der Waals surface area contributed by atoms with Crippen LogP contribution in [0.15, 0.2) is 34.7 Å². The summed E-state index contributed by atoms with van der Waals surface area (Å²) in [5, 5.41) is 6.44. The molecule has 0 fully saturated rings. The highest BCUT2D eigenvalue weighted by Gasteiger charge is 2.07. The lowest BCUT2D eigenvalue weighted by atomic mass is 10.2. The molecule has 0 spiro atoms. The second kappa shape index (κ2) is 9.38. The molecule has 0 saturated carbocycles. The summed E-state index contributed by atoms with van der Waals surface area (Å²) < 4.78 is 10.0. The number of hydrazone groups is 1. The predicted octanol–water partition coefficient (Wildman–Crippen LogP) is 1.56. The number of carbonyl (C=O) groups excluding carboxylic acids is 2. The largest absolute Gasteiger partial charge is 0.484 e. The molecule has 0 aliphatic heterocycles. The van der Waals surface area contributed by atoms with Crippen LogP contribution in [0.2, 0.25) is 0 Å². The molecule has 1 amide bonds. The number of benzene rings is 1. The van der Waals surface area contributed by atoms with Gasteiger partial charge in [0.25, 0.3) is 5.91 Å². The Morgan fingerprint density at radius 1 is 1.36 bits per heavy atom. The predicted molar refractivity (Wildman–Crippen MR) is 94.8 cm³/mol. The summed E-state index contributed by atoms with van der Waals surface area (Å²) in [6.45, 7) is 1.95. The number of thiazole rings is 1. The lowest BCUT2D eigenvalue weighted by Crippen LogP contribution is -2.19. The second-order valence-electron chi connectivity index (χ2n) is 4.82. The highest BCUT2D eigenvalue weighted by molar-refractivity contribution is 7.13. The van der Waals surface area contributed by atoms with Gasteiger partial charge in [-0.05, 0) is 36.8 Å². The van der Waals surface area contributed by atoms with Crippen LogP contribution in [-0.4, -0.2) is 36.3 Å². The quantitative estimate of drug-likeness (QED) is 0.397. The number of esters is 1. The number of aromatic nitrogens is 1. The fourth-order valence-electron chi connectivity index (χ4n) is 1.77. The lowest BCUT2D eigenvalue weighted by molar-refractivity contribution is -0.142. The molecule has 1 aromatic heterocycles. The molecule has 0 bridgehead atoms. The lowest BCUT2D eigenvalue weighted by Gasteiger charge is -2.03. The van der Waals surface area contributed by atoms with Crippen molar-refractivity contribution >= 4 is 34.6 Å². The molecular weight excluding hydrogens is 344 g/mol. The van der Waals surface area contributed by atoms with E-state index in [9.17, 15) is 9.59 Å². The first-order valence-corrected chi connectivity index (χ1v) is 8.35. The summed E-state index contributed by atoms with van der Waals surface area (Å²) in [7, 11) is 0. The molecule has 0 radical (unpaired) electrons. The van der Waals surface area contributed by atoms with Gasteiger partial charge < -0.3 is 15.2 Å². The van der Waals surface area contributed by atoms with E-state index < -0.39 is 5.91 Å². The summed E-state index contributed by atoms with van der Waals surface area (Å²) in [6, 6.07) is 7.00. The maximum Gasteiger partial charge on any atom is 0.311 e. The van der Waals surface area contributed by atoms with Crippen LogP contribution >= 0.6 is 11.3 Å². The smallest absolute Gasteiger partial charge is 0.311 e. The monoisotopic (exact) mass is 362 g/mol. The second-order valence-corrected chi connectivity index (χ2v) is 5.68.